The van der Waals surface area contributed by atoms with Crippen molar-refractivity contribution in [3.8, 4) is 0 Å². The molecule has 0 spiro atoms. The average molecular weight is 402 g/mol. The van der Waals surface area contributed by atoms with Gasteiger partial charge in [-0.2, -0.15) is 0 Å². The Morgan fingerprint density at radius 1 is 0.900 bits per heavy atom. The number of fused-ring (bicyclic) bond motifs is 1. The van der Waals surface area contributed by atoms with E-state index in [9.17, 15) is 0 Å². The van der Waals surface area contributed by atoms with Crippen molar-refractivity contribution in [1.82, 2.24) is 20.5 Å². The number of nitrogens with one attached hydrogen (secondary N) is 2. The Balaban J connectivity index is 1.29. The highest BCUT2D eigenvalue weighted by Crippen LogP contribution is 2.16. The van der Waals surface area contributed by atoms with E-state index >= 15 is 0 Å². The van der Waals surface area contributed by atoms with Crippen molar-refractivity contribution in [3.63, 3.8) is 0 Å². The number of piperidine rings is 1. The molecular weight excluding hydrogens is 370 g/mol. The molecule has 2 aromatic carbocycles. The summed E-state index contributed by atoms with van der Waals surface area (Å²) in [7, 11) is 1.81. The van der Waals surface area contributed by atoms with Crippen LogP contribution in [0.1, 0.15) is 36.0 Å². The van der Waals surface area contributed by atoms with E-state index in [1.54, 1.807) is 0 Å². The molecular formula is C25H31N5. The van der Waals surface area contributed by atoms with Gasteiger partial charge < -0.3 is 10.6 Å². The van der Waals surface area contributed by atoms with E-state index in [2.05, 4.69) is 68.0 Å². The van der Waals surface area contributed by atoms with E-state index in [-0.39, 0.29) is 0 Å². The van der Waals surface area contributed by atoms with Gasteiger partial charge in [-0.3, -0.25) is 14.9 Å². The van der Waals surface area contributed by atoms with E-state index in [0.717, 1.165) is 24.6 Å². The van der Waals surface area contributed by atoms with Gasteiger partial charge in [0.15, 0.2) is 5.96 Å². The summed E-state index contributed by atoms with van der Waals surface area (Å²) in [6, 6.07) is 19.2. The molecule has 2 heterocycles. The molecule has 2 N–H and O–H groups in total. The van der Waals surface area contributed by atoms with Crippen LogP contribution in [-0.2, 0) is 19.6 Å². The number of rotatable bonds is 6. The Morgan fingerprint density at radius 2 is 1.63 bits per heavy atom. The summed E-state index contributed by atoms with van der Waals surface area (Å²) in [5.41, 5.74) is 4.89. The zero-order valence-electron chi connectivity index (χ0n) is 17.8. The number of aliphatic imine (C=N–C) groups is 1. The molecule has 4 rings (SSSR count). The zero-order chi connectivity index (χ0) is 20.6. The maximum absolute atomic E-state index is 4.43. The van der Waals surface area contributed by atoms with Gasteiger partial charge in [0.25, 0.3) is 0 Å². The van der Waals surface area contributed by atoms with Crippen molar-refractivity contribution in [2.24, 2.45) is 4.99 Å². The summed E-state index contributed by atoms with van der Waals surface area (Å²) in [4.78, 5) is 11.4. The van der Waals surface area contributed by atoms with Gasteiger partial charge in [-0.15, -0.1) is 0 Å². The predicted octanol–water partition coefficient (Wildman–Crippen LogP) is 4.09. The van der Waals surface area contributed by atoms with Crippen LogP contribution in [0.3, 0.4) is 0 Å². The van der Waals surface area contributed by atoms with Crippen LogP contribution in [0.25, 0.3) is 10.9 Å². The van der Waals surface area contributed by atoms with Crippen LogP contribution < -0.4 is 10.6 Å². The second-order valence-electron chi connectivity index (χ2n) is 7.92. The maximum Gasteiger partial charge on any atom is 0.191 e. The third-order valence-electron chi connectivity index (χ3n) is 5.75. The molecule has 1 aliphatic rings. The summed E-state index contributed by atoms with van der Waals surface area (Å²) in [5.74, 6) is 0.799. The third kappa shape index (κ3) is 5.36. The number of aromatic nitrogens is 1. The smallest absolute Gasteiger partial charge is 0.191 e. The first-order valence-electron chi connectivity index (χ1n) is 10.9. The van der Waals surface area contributed by atoms with Gasteiger partial charge in [-0.05, 0) is 54.8 Å². The number of hydrogen-bond acceptors (Lipinski definition) is 3. The minimum absolute atomic E-state index is 0.706. The SMILES string of the molecule is CN=C(NCc1ccc(CN2CCCCC2)cc1)NCc1ccnc2ccccc12. The number of benzene rings is 2. The standard InChI is InChI=1S/C25H31N5/c1-26-25(29-18-22-13-14-27-24-8-4-3-7-23(22)24)28-17-20-9-11-21(12-10-20)19-30-15-5-2-6-16-30/h3-4,7-14H,2,5-6,15-19H2,1H3,(H2,26,28,29). The second-order valence-corrected chi connectivity index (χ2v) is 7.92. The molecule has 1 fully saturated rings. The highest BCUT2D eigenvalue weighted by molar-refractivity contribution is 5.83. The summed E-state index contributed by atoms with van der Waals surface area (Å²) in [6.45, 7) is 4.99. The molecule has 1 aromatic heterocycles. The molecule has 0 atom stereocenters. The molecule has 0 bridgehead atoms. The molecule has 0 radical (unpaired) electrons. The third-order valence-corrected chi connectivity index (χ3v) is 5.75. The van der Waals surface area contributed by atoms with Crippen molar-refractivity contribution >= 4 is 16.9 Å². The number of para-hydroxylation sites is 1. The number of guanidine groups is 1. The molecule has 156 valence electrons. The molecule has 30 heavy (non-hydrogen) atoms. The van der Waals surface area contributed by atoms with E-state index in [1.807, 2.05) is 25.4 Å². The van der Waals surface area contributed by atoms with E-state index in [4.69, 9.17) is 0 Å². The topological polar surface area (TPSA) is 52.6 Å². The first-order chi connectivity index (χ1) is 14.8. The van der Waals surface area contributed by atoms with Crippen LogP contribution in [0.4, 0.5) is 0 Å². The van der Waals surface area contributed by atoms with Crippen LogP contribution >= 0.6 is 0 Å². The normalized spacial score (nSPS) is 15.3. The first-order valence-corrected chi connectivity index (χ1v) is 10.9. The lowest BCUT2D eigenvalue weighted by molar-refractivity contribution is 0.221. The van der Waals surface area contributed by atoms with Crippen LogP contribution in [0.15, 0.2) is 65.8 Å². The van der Waals surface area contributed by atoms with Crippen molar-refractivity contribution in [2.45, 2.75) is 38.9 Å². The fourth-order valence-electron chi connectivity index (χ4n) is 4.03. The fourth-order valence-corrected chi connectivity index (χ4v) is 4.03. The lowest BCUT2D eigenvalue weighted by atomic mass is 10.1. The van der Waals surface area contributed by atoms with Gasteiger partial charge >= 0.3 is 0 Å². The summed E-state index contributed by atoms with van der Waals surface area (Å²) >= 11 is 0. The maximum atomic E-state index is 4.43. The number of likely N-dealkylation sites (tertiary alicyclic amines) is 1. The molecule has 5 heteroatoms. The molecule has 1 saturated heterocycles. The molecule has 5 nitrogen and oxygen atoms in total. The predicted molar refractivity (Wildman–Crippen MR) is 124 cm³/mol. The summed E-state index contributed by atoms with van der Waals surface area (Å²) in [5, 5.41) is 8.01. The Labute approximate surface area is 179 Å². The number of nitrogens with zero attached hydrogens (tertiary/aromatic N) is 3. The van der Waals surface area contributed by atoms with Gasteiger partial charge in [0.1, 0.15) is 0 Å². The molecule has 0 amide bonds. The Morgan fingerprint density at radius 3 is 2.43 bits per heavy atom. The van der Waals surface area contributed by atoms with Crippen LogP contribution in [-0.4, -0.2) is 36.0 Å². The summed E-state index contributed by atoms with van der Waals surface area (Å²) < 4.78 is 0. The zero-order valence-corrected chi connectivity index (χ0v) is 17.8. The molecule has 0 saturated carbocycles. The number of hydrogen-bond donors (Lipinski definition) is 2. The van der Waals surface area contributed by atoms with E-state index in [1.165, 1.54) is 54.4 Å². The van der Waals surface area contributed by atoms with Crippen molar-refractivity contribution < 1.29 is 0 Å². The van der Waals surface area contributed by atoms with Crippen molar-refractivity contribution in [3.05, 3.63) is 77.5 Å². The van der Waals surface area contributed by atoms with E-state index < -0.39 is 0 Å². The largest absolute Gasteiger partial charge is 0.352 e. The molecule has 0 unspecified atom stereocenters. The van der Waals surface area contributed by atoms with Crippen LogP contribution in [0.2, 0.25) is 0 Å². The molecule has 0 aliphatic carbocycles. The van der Waals surface area contributed by atoms with Gasteiger partial charge in [0, 0.05) is 38.3 Å². The Hall–Kier alpha value is -2.92. The van der Waals surface area contributed by atoms with Crippen molar-refractivity contribution in [1.29, 1.82) is 0 Å². The fraction of sp³-hybridized carbons (Fsp3) is 0.360. The minimum atomic E-state index is 0.706. The van der Waals surface area contributed by atoms with E-state index in [0.29, 0.717) is 6.54 Å². The lowest BCUT2D eigenvalue weighted by Crippen LogP contribution is -2.36. The van der Waals surface area contributed by atoms with Gasteiger partial charge in [-0.25, -0.2) is 0 Å². The van der Waals surface area contributed by atoms with Gasteiger partial charge in [0.05, 0.1) is 5.52 Å². The molecule has 3 aromatic rings. The second kappa shape index (κ2) is 10.2. The first kappa shape index (κ1) is 20.4. The minimum Gasteiger partial charge on any atom is -0.352 e. The Kier molecular flexibility index (Phi) is 6.93. The highest BCUT2D eigenvalue weighted by atomic mass is 15.2. The summed E-state index contributed by atoms with van der Waals surface area (Å²) in [6.07, 6.45) is 5.92. The monoisotopic (exact) mass is 401 g/mol. The average Bonchev–Trinajstić information content (AvgIpc) is 2.81. The highest BCUT2D eigenvalue weighted by Gasteiger charge is 2.10. The van der Waals surface area contributed by atoms with Crippen LogP contribution in [0.5, 0.6) is 0 Å². The lowest BCUT2D eigenvalue weighted by Gasteiger charge is -2.26. The van der Waals surface area contributed by atoms with Gasteiger partial charge in [-0.1, -0.05) is 48.9 Å². The Bertz CT molecular complexity index is 969. The number of pyridine rings is 1. The quantitative estimate of drug-likeness (QED) is 0.483. The van der Waals surface area contributed by atoms with Crippen molar-refractivity contribution in [2.75, 3.05) is 20.1 Å². The van der Waals surface area contributed by atoms with Gasteiger partial charge in [0.2, 0.25) is 0 Å². The van der Waals surface area contributed by atoms with Crippen LogP contribution in [0, 0.1) is 0 Å². The molecule has 1 aliphatic heterocycles.